The maximum atomic E-state index is 14.3. The fraction of sp³-hybridized carbons (Fsp3) is 0.370. The van der Waals surface area contributed by atoms with E-state index in [1.54, 1.807) is 11.7 Å². The van der Waals surface area contributed by atoms with Gasteiger partial charge in [0.15, 0.2) is 12.5 Å². The van der Waals surface area contributed by atoms with Crippen LogP contribution in [0.15, 0.2) is 46.2 Å². The van der Waals surface area contributed by atoms with E-state index in [9.17, 15) is 9.18 Å². The van der Waals surface area contributed by atoms with E-state index in [2.05, 4.69) is 4.99 Å². The third-order valence-corrected chi connectivity index (χ3v) is 7.68. The molecule has 2 aromatic heterocycles. The molecule has 0 N–H and O–H groups in total. The van der Waals surface area contributed by atoms with Gasteiger partial charge in [-0.2, -0.15) is 0 Å². The molecule has 0 radical (unpaired) electrons. The van der Waals surface area contributed by atoms with Gasteiger partial charge >= 0.3 is 0 Å². The Labute approximate surface area is 207 Å². The number of benzene rings is 2. The van der Waals surface area contributed by atoms with Crippen molar-refractivity contribution in [2.24, 2.45) is 4.99 Å². The highest BCUT2D eigenvalue weighted by Crippen LogP contribution is 2.46. The fourth-order valence-electron chi connectivity index (χ4n) is 4.54. The summed E-state index contributed by atoms with van der Waals surface area (Å²) in [6, 6.07) is 11.8. The first kappa shape index (κ1) is 23.5. The van der Waals surface area contributed by atoms with E-state index < -0.39 is 12.4 Å². The van der Waals surface area contributed by atoms with E-state index in [1.165, 1.54) is 11.3 Å². The van der Waals surface area contributed by atoms with Gasteiger partial charge in [0, 0.05) is 15.6 Å². The summed E-state index contributed by atoms with van der Waals surface area (Å²) in [5, 5.41) is 1.45. The van der Waals surface area contributed by atoms with Crippen LogP contribution in [-0.4, -0.2) is 35.5 Å². The highest BCUT2D eigenvalue weighted by molar-refractivity contribution is 7.25. The van der Waals surface area contributed by atoms with E-state index in [0.717, 1.165) is 51.8 Å². The number of thiophene rings is 1. The minimum atomic E-state index is -1.51. The van der Waals surface area contributed by atoms with E-state index in [4.69, 9.17) is 14.5 Å². The second kappa shape index (κ2) is 9.41. The monoisotopic (exact) mass is 493 g/mol. The molecule has 1 saturated carbocycles. The Kier molecular flexibility index (Phi) is 6.32. The summed E-state index contributed by atoms with van der Waals surface area (Å²) in [6.07, 6.45) is 0.913. The summed E-state index contributed by atoms with van der Waals surface area (Å²) < 4.78 is 27.8. The molecule has 1 aliphatic carbocycles. The molecule has 1 fully saturated rings. The standard InChI is InChI=1S/C25H22FN3O3S.C2H6/c1-13-4-3-5-17-20-24(33-21(13)17)28-23(29(25(20)30)11-19-22(26)27-12-32-19)16-9-8-15(31-2)10-18(16)14-6-7-14;1-2/h3-5,8-10,12,14,19,22H,6-7,11H2,1-2H3;1-2H3. The van der Waals surface area contributed by atoms with Crippen LogP contribution >= 0.6 is 11.3 Å². The number of aromatic nitrogens is 2. The molecule has 2 aromatic carbocycles. The van der Waals surface area contributed by atoms with Crippen LogP contribution in [0.1, 0.15) is 43.7 Å². The maximum Gasteiger partial charge on any atom is 0.263 e. The van der Waals surface area contributed by atoms with Gasteiger partial charge in [0.1, 0.15) is 16.4 Å². The maximum absolute atomic E-state index is 14.3. The first-order chi connectivity index (χ1) is 17.0. The van der Waals surface area contributed by atoms with Gasteiger partial charge in [-0.15, -0.1) is 11.3 Å². The van der Waals surface area contributed by atoms with Gasteiger partial charge in [-0.25, -0.2) is 14.4 Å². The number of aryl methyl sites for hydroxylation is 1. The molecule has 182 valence electrons. The number of halogens is 1. The van der Waals surface area contributed by atoms with Crippen molar-refractivity contribution in [1.29, 1.82) is 0 Å². The van der Waals surface area contributed by atoms with Crippen molar-refractivity contribution in [1.82, 2.24) is 9.55 Å². The van der Waals surface area contributed by atoms with Gasteiger partial charge in [0.2, 0.25) is 6.30 Å². The molecule has 1 aliphatic heterocycles. The van der Waals surface area contributed by atoms with Crippen LogP contribution in [-0.2, 0) is 11.3 Å². The molecule has 6 rings (SSSR count). The predicted molar refractivity (Wildman–Crippen MR) is 140 cm³/mol. The van der Waals surface area contributed by atoms with E-state index in [1.807, 2.05) is 57.2 Å². The van der Waals surface area contributed by atoms with Crippen LogP contribution < -0.4 is 10.3 Å². The number of rotatable bonds is 5. The van der Waals surface area contributed by atoms with Crippen molar-refractivity contribution in [2.75, 3.05) is 7.11 Å². The van der Waals surface area contributed by atoms with Crippen LogP contribution in [0.25, 0.3) is 31.7 Å². The van der Waals surface area contributed by atoms with Crippen molar-refractivity contribution in [3.63, 3.8) is 0 Å². The van der Waals surface area contributed by atoms with Crippen molar-refractivity contribution in [3.05, 3.63) is 57.9 Å². The van der Waals surface area contributed by atoms with Gasteiger partial charge in [0.25, 0.3) is 5.56 Å². The van der Waals surface area contributed by atoms with Crippen molar-refractivity contribution < 1.29 is 13.9 Å². The SMILES string of the molecule is CC.COc1ccc(-c2nc3sc4c(C)cccc4c3c(=O)n2CC2OC=NC2F)c(C2CC2)c1. The first-order valence-corrected chi connectivity index (χ1v) is 12.8. The summed E-state index contributed by atoms with van der Waals surface area (Å²) in [7, 11) is 1.64. The minimum Gasteiger partial charge on any atom is -0.497 e. The smallest absolute Gasteiger partial charge is 0.263 e. The van der Waals surface area contributed by atoms with E-state index in [-0.39, 0.29) is 12.1 Å². The molecular weight excluding hydrogens is 465 g/mol. The Morgan fingerprint density at radius 1 is 1.23 bits per heavy atom. The number of hydrogen-bond donors (Lipinski definition) is 0. The van der Waals surface area contributed by atoms with Crippen molar-refractivity contribution in [3.8, 4) is 17.1 Å². The Balaban J connectivity index is 0.00000124. The molecule has 2 aliphatic rings. The average Bonchev–Trinajstić information content (AvgIpc) is 3.54. The molecule has 0 saturated heterocycles. The largest absolute Gasteiger partial charge is 0.497 e. The Morgan fingerprint density at radius 3 is 2.71 bits per heavy atom. The predicted octanol–water partition coefficient (Wildman–Crippen LogP) is 6.22. The number of fused-ring (bicyclic) bond motifs is 3. The van der Waals surface area contributed by atoms with E-state index >= 15 is 0 Å². The summed E-state index contributed by atoms with van der Waals surface area (Å²) >= 11 is 1.52. The number of methoxy groups -OCH3 is 1. The lowest BCUT2D eigenvalue weighted by atomic mass is 10.0. The lowest BCUT2D eigenvalue weighted by Gasteiger charge is -2.19. The minimum absolute atomic E-state index is 0.0254. The quantitative estimate of drug-likeness (QED) is 0.310. The van der Waals surface area contributed by atoms with Gasteiger partial charge in [-0.3, -0.25) is 9.36 Å². The van der Waals surface area contributed by atoms with Crippen LogP contribution in [0.5, 0.6) is 5.75 Å². The average molecular weight is 494 g/mol. The molecule has 8 heteroatoms. The highest BCUT2D eigenvalue weighted by Gasteiger charge is 2.32. The number of hydrogen-bond acceptors (Lipinski definition) is 6. The lowest BCUT2D eigenvalue weighted by Crippen LogP contribution is -2.32. The summed E-state index contributed by atoms with van der Waals surface area (Å²) in [5.41, 5.74) is 2.89. The summed E-state index contributed by atoms with van der Waals surface area (Å²) in [4.78, 5) is 23.3. The zero-order chi connectivity index (χ0) is 24.7. The second-order valence-electron chi connectivity index (χ2n) is 8.61. The van der Waals surface area contributed by atoms with Crippen LogP contribution in [0.3, 0.4) is 0 Å². The summed E-state index contributed by atoms with van der Waals surface area (Å²) in [5.74, 6) is 1.70. The highest BCUT2D eigenvalue weighted by atomic mass is 32.1. The van der Waals surface area contributed by atoms with Gasteiger partial charge in [-0.1, -0.05) is 32.0 Å². The third kappa shape index (κ3) is 4.10. The summed E-state index contributed by atoms with van der Waals surface area (Å²) in [6.45, 7) is 6.06. The molecule has 0 amide bonds. The zero-order valence-corrected chi connectivity index (χ0v) is 21.1. The molecule has 2 unspecified atom stereocenters. The molecule has 3 heterocycles. The fourth-order valence-corrected chi connectivity index (χ4v) is 5.68. The molecule has 2 atom stereocenters. The topological polar surface area (TPSA) is 65.7 Å². The Morgan fingerprint density at radius 2 is 2.03 bits per heavy atom. The Bertz CT molecular complexity index is 1490. The van der Waals surface area contributed by atoms with Gasteiger partial charge in [-0.05, 0) is 55.0 Å². The van der Waals surface area contributed by atoms with Crippen LogP contribution in [0, 0.1) is 6.92 Å². The van der Waals surface area contributed by atoms with Crippen molar-refractivity contribution in [2.45, 2.75) is 58.5 Å². The molecule has 4 aromatic rings. The molecule has 35 heavy (non-hydrogen) atoms. The number of alkyl halides is 1. The van der Waals surface area contributed by atoms with Crippen LogP contribution in [0.4, 0.5) is 4.39 Å². The van der Waals surface area contributed by atoms with Crippen molar-refractivity contribution >= 4 is 38.0 Å². The molecule has 6 nitrogen and oxygen atoms in total. The first-order valence-electron chi connectivity index (χ1n) is 12.0. The normalized spacial score (nSPS) is 19.0. The van der Waals surface area contributed by atoms with Gasteiger partial charge < -0.3 is 9.47 Å². The van der Waals surface area contributed by atoms with Gasteiger partial charge in [0.05, 0.1) is 19.0 Å². The molecule has 0 spiro atoms. The van der Waals surface area contributed by atoms with E-state index in [0.29, 0.717) is 22.0 Å². The second-order valence-corrected chi connectivity index (χ2v) is 9.61. The molecule has 0 bridgehead atoms. The van der Waals surface area contributed by atoms with Crippen LogP contribution in [0.2, 0.25) is 0 Å². The molecular formula is C27H28FN3O3S. The number of ether oxygens (including phenoxy) is 2. The zero-order valence-electron chi connectivity index (χ0n) is 20.2. The number of nitrogens with zero attached hydrogens (tertiary/aromatic N) is 3. The number of aliphatic imine (C=N–C) groups is 1. The lowest BCUT2D eigenvalue weighted by molar-refractivity contribution is 0.116. The Hall–Kier alpha value is -3.26. The third-order valence-electron chi connectivity index (χ3n) is 6.44.